The van der Waals surface area contributed by atoms with E-state index in [0.29, 0.717) is 23.7 Å². The summed E-state index contributed by atoms with van der Waals surface area (Å²) in [5, 5.41) is 11.0. The van der Waals surface area contributed by atoms with Gasteiger partial charge in [0.2, 0.25) is 0 Å². The normalized spacial score (nSPS) is 12.0. The molecule has 0 radical (unpaired) electrons. The summed E-state index contributed by atoms with van der Waals surface area (Å²) >= 11 is 0. The van der Waals surface area contributed by atoms with Crippen LogP contribution in [0.1, 0.15) is 31.9 Å². The maximum Gasteiger partial charge on any atom is 0.0849 e. The Bertz CT molecular complexity index is 1610. The number of para-hydroxylation sites is 2. The molecule has 0 aliphatic rings. The van der Waals surface area contributed by atoms with Gasteiger partial charge in [0, 0.05) is 22.0 Å². The maximum absolute atomic E-state index is 8.50. The molecule has 0 amide bonds. The molecule has 0 atom stereocenters. The first-order chi connectivity index (χ1) is 19.2. The zero-order valence-corrected chi connectivity index (χ0v) is 22.8. The Morgan fingerprint density at radius 1 is 0.795 bits per heavy atom. The molecule has 5 aromatic rings. The molecule has 0 saturated carbocycles. The molecule has 0 unspecified atom stereocenters. The predicted octanol–water partition coefficient (Wildman–Crippen LogP) is 9.09. The van der Waals surface area contributed by atoms with Gasteiger partial charge >= 0.3 is 0 Å². The minimum absolute atomic E-state index is 0.335. The Hall–Kier alpha value is -4.83. The third kappa shape index (κ3) is 6.02. The summed E-state index contributed by atoms with van der Waals surface area (Å²) in [6, 6.07) is 35.3. The highest BCUT2D eigenvalue weighted by Crippen LogP contribution is 2.32. The summed E-state index contributed by atoms with van der Waals surface area (Å²) in [5.74, 6) is 0. The number of rotatable bonds is 8. The van der Waals surface area contributed by atoms with Crippen molar-refractivity contribution in [1.82, 2.24) is 4.57 Å². The van der Waals surface area contributed by atoms with Crippen LogP contribution in [0.2, 0.25) is 0 Å². The number of nitrogens with one attached hydrogen (secondary N) is 1. The summed E-state index contributed by atoms with van der Waals surface area (Å²) in [7, 11) is 0. The second-order valence-electron chi connectivity index (χ2n) is 8.71. The summed E-state index contributed by atoms with van der Waals surface area (Å²) in [6.45, 7) is 10.2. The third-order valence-corrected chi connectivity index (χ3v) is 6.33. The lowest BCUT2D eigenvalue weighted by atomic mass is 10.1. The molecule has 5 rings (SSSR count). The summed E-state index contributed by atoms with van der Waals surface area (Å²) < 4.78 is 2.29. The SMILES string of the molecule is C=N/C(=C\C(=NCc1ccccc1)C(=N)/C=C\C)c1ccc(-n2c3ccccc3c3ccccc32)cc1.CC. The molecular formula is C35H34N4. The fourth-order valence-electron chi connectivity index (χ4n) is 4.55. The first-order valence-electron chi connectivity index (χ1n) is 13.3. The number of hydrogen-bond acceptors (Lipinski definition) is 3. The first kappa shape index (κ1) is 27.2. The van der Waals surface area contributed by atoms with Crippen molar-refractivity contribution >= 4 is 45.6 Å². The Morgan fingerprint density at radius 2 is 1.36 bits per heavy atom. The van der Waals surface area contributed by atoms with Crippen molar-refractivity contribution in [2.75, 3.05) is 0 Å². The zero-order chi connectivity index (χ0) is 27.6. The molecule has 194 valence electrons. The van der Waals surface area contributed by atoms with Crippen LogP contribution in [0.5, 0.6) is 0 Å². The van der Waals surface area contributed by atoms with Crippen LogP contribution in [-0.4, -0.2) is 22.7 Å². The second-order valence-corrected chi connectivity index (χ2v) is 8.71. The van der Waals surface area contributed by atoms with Gasteiger partial charge in [-0.25, -0.2) is 0 Å². The summed E-state index contributed by atoms with van der Waals surface area (Å²) in [5.41, 5.74) is 7.00. The number of nitrogens with zero attached hydrogens (tertiary/aromatic N) is 3. The standard InChI is InChI=1S/C33H28N4.C2H6/c1-3-11-29(34)31(36-23-24-12-5-4-6-13-24)22-30(35-2)25-18-20-26(21-19-25)37-32-16-9-7-14-27(32)28-15-8-10-17-33(28)37;1-2/h3-22,34H,2,23H2,1H3;1-2H3/b11-3-,30-22-,34-29?,36-31?;. The van der Waals surface area contributed by atoms with Gasteiger partial charge in [-0.3, -0.25) is 15.4 Å². The van der Waals surface area contributed by atoms with Gasteiger partial charge in [0.15, 0.2) is 0 Å². The average molecular weight is 511 g/mol. The molecule has 0 aliphatic carbocycles. The highest BCUT2D eigenvalue weighted by Gasteiger charge is 2.12. The van der Waals surface area contributed by atoms with E-state index in [4.69, 9.17) is 10.4 Å². The van der Waals surface area contributed by atoms with E-state index in [0.717, 1.165) is 16.8 Å². The fourth-order valence-corrected chi connectivity index (χ4v) is 4.55. The van der Waals surface area contributed by atoms with Crippen LogP contribution in [-0.2, 0) is 6.54 Å². The van der Waals surface area contributed by atoms with Gasteiger partial charge in [0.05, 0.1) is 34.7 Å². The lowest BCUT2D eigenvalue weighted by molar-refractivity contribution is 1.07. The fraction of sp³-hybridized carbons (Fsp3) is 0.114. The van der Waals surface area contributed by atoms with Gasteiger partial charge in [-0.2, -0.15) is 0 Å². The number of allylic oxidation sites excluding steroid dienone is 3. The van der Waals surface area contributed by atoms with Crippen molar-refractivity contribution < 1.29 is 0 Å². The van der Waals surface area contributed by atoms with E-state index in [1.165, 1.54) is 21.8 Å². The van der Waals surface area contributed by atoms with Gasteiger partial charge < -0.3 is 4.57 Å². The van der Waals surface area contributed by atoms with Crippen molar-refractivity contribution in [3.05, 3.63) is 132 Å². The molecule has 0 saturated heterocycles. The molecule has 1 N–H and O–H groups in total. The van der Waals surface area contributed by atoms with Crippen molar-refractivity contribution in [3.63, 3.8) is 0 Å². The monoisotopic (exact) mass is 510 g/mol. The second kappa shape index (κ2) is 13.1. The molecule has 39 heavy (non-hydrogen) atoms. The van der Waals surface area contributed by atoms with Gasteiger partial charge in [0.1, 0.15) is 0 Å². The van der Waals surface area contributed by atoms with Crippen LogP contribution in [0.4, 0.5) is 0 Å². The van der Waals surface area contributed by atoms with E-state index in [9.17, 15) is 0 Å². The smallest absolute Gasteiger partial charge is 0.0849 e. The van der Waals surface area contributed by atoms with Crippen LogP contribution in [0.25, 0.3) is 33.2 Å². The Morgan fingerprint density at radius 3 is 1.92 bits per heavy atom. The molecule has 4 aromatic carbocycles. The molecule has 1 heterocycles. The first-order valence-corrected chi connectivity index (χ1v) is 13.3. The lowest BCUT2D eigenvalue weighted by Gasteiger charge is -2.10. The minimum Gasteiger partial charge on any atom is -0.309 e. The van der Waals surface area contributed by atoms with Crippen molar-refractivity contribution in [3.8, 4) is 5.69 Å². The number of benzene rings is 4. The average Bonchev–Trinajstić information content (AvgIpc) is 3.33. The quantitative estimate of drug-likeness (QED) is 0.202. The van der Waals surface area contributed by atoms with Crippen molar-refractivity contribution in [2.24, 2.45) is 9.98 Å². The van der Waals surface area contributed by atoms with Gasteiger partial charge in [-0.15, -0.1) is 0 Å². The van der Waals surface area contributed by atoms with Crippen LogP contribution >= 0.6 is 0 Å². The Balaban J connectivity index is 0.00000172. The highest BCUT2D eigenvalue weighted by molar-refractivity contribution is 6.50. The van der Waals surface area contributed by atoms with E-state index in [1.807, 2.05) is 75.4 Å². The molecule has 4 heteroatoms. The Labute approximate surface area is 230 Å². The Kier molecular flexibility index (Phi) is 9.15. The van der Waals surface area contributed by atoms with E-state index in [2.05, 4.69) is 76.9 Å². The van der Waals surface area contributed by atoms with Gasteiger partial charge in [0.25, 0.3) is 0 Å². The highest BCUT2D eigenvalue weighted by atomic mass is 15.0. The largest absolute Gasteiger partial charge is 0.309 e. The van der Waals surface area contributed by atoms with Gasteiger partial charge in [-0.1, -0.05) is 98.8 Å². The topological polar surface area (TPSA) is 53.5 Å². The van der Waals surface area contributed by atoms with Crippen LogP contribution < -0.4 is 0 Å². The number of hydrogen-bond donors (Lipinski definition) is 1. The van der Waals surface area contributed by atoms with E-state index in [-0.39, 0.29) is 0 Å². The third-order valence-electron chi connectivity index (χ3n) is 6.33. The number of aromatic nitrogens is 1. The number of fused-ring (bicyclic) bond motifs is 3. The van der Waals surface area contributed by atoms with Crippen LogP contribution in [0.15, 0.2) is 131 Å². The van der Waals surface area contributed by atoms with Crippen molar-refractivity contribution in [1.29, 1.82) is 5.41 Å². The van der Waals surface area contributed by atoms with Crippen LogP contribution in [0.3, 0.4) is 0 Å². The molecule has 4 nitrogen and oxygen atoms in total. The molecule has 1 aromatic heterocycles. The van der Waals surface area contributed by atoms with E-state index in [1.54, 1.807) is 6.08 Å². The molecule has 0 aliphatic heterocycles. The maximum atomic E-state index is 8.50. The molecule has 0 spiro atoms. The van der Waals surface area contributed by atoms with E-state index >= 15 is 0 Å². The summed E-state index contributed by atoms with van der Waals surface area (Å²) in [4.78, 5) is 9.02. The lowest BCUT2D eigenvalue weighted by Crippen LogP contribution is -2.09. The predicted molar refractivity (Wildman–Crippen MR) is 170 cm³/mol. The van der Waals surface area contributed by atoms with E-state index < -0.39 is 0 Å². The van der Waals surface area contributed by atoms with Crippen LogP contribution in [0, 0.1) is 5.41 Å². The van der Waals surface area contributed by atoms with Crippen molar-refractivity contribution in [2.45, 2.75) is 27.3 Å². The minimum atomic E-state index is 0.335. The van der Waals surface area contributed by atoms with Gasteiger partial charge in [-0.05, 0) is 55.6 Å². The molecular weight excluding hydrogens is 476 g/mol. The molecule has 0 bridgehead atoms. The zero-order valence-electron chi connectivity index (χ0n) is 22.8. The summed E-state index contributed by atoms with van der Waals surface area (Å²) in [6.07, 6.45) is 5.43. The number of aliphatic imine (C=N–C) groups is 2. The molecule has 0 fully saturated rings.